The number of ketones is 1. The standard InChI is InChI=1S/C30H50O5/c1-26(2)23-9-8-21-20(28(23,5)13-12-24(26)33)11-15-29(6)19(10-14-30(21,29)7)18(17-31)16-22(32)25(34)27(3,4)35/h8,18-20,22-23,25,31-32,34-35H,9-17H2,1-7H3. The van der Waals surface area contributed by atoms with E-state index in [0.29, 0.717) is 24.0 Å². The Kier molecular flexibility index (Phi) is 6.74. The van der Waals surface area contributed by atoms with Gasteiger partial charge in [-0.3, -0.25) is 4.79 Å². The number of aliphatic hydroxyl groups excluding tert-OH is 3. The second kappa shape index (κ2) is 8.64. The predicted octanol–water partition coefficient (Wildman–Crippen LogP) is 4.65. The average molecular weight is 491 g/mol. The molecule has 0 spiro atoms. The first-order valence-electron chi connectivity index (χ1n) is 14.0. The molecular formula is C30H50O5. The lowest BCUT2D eigenvalue weighted by Gasteiger charge is -2.63. The first kappa shape index (κ1) is 27.3. The van der Waals surface area contributed by atoms with Crippen molar-refractivity contribution in [3.63, 3.8) is 0 Å². The zero-order valence-electron chi connectivity index (χ0n) is 23.1. The fraction of sp³-hybridized carbons (Fsp3) is 0.900. The third-order valence-electron chi connectivity index (χ3n) is 12.1. The SMILES string of the molecule is CC(C)(O)C(O)C(O)CC(CO)C1CCC2(C)C3=CCC4C(C)(C)C(=O)CCC4(C)C3CCC12C. The highest BCUT2D eigenvalue weighted by atomic mass is 16.4. The Labute approximate surface area is 212 Å². The first-order chi connectivity index (χ1) is 16.0. The van der Waals surface area contributed by atoms with Crippen LogP contribution in [0, 0.1) is 45.3 Å². The molecule has 4 aliphatic carbocycles. The Hall–Kier alpha value is -0.750. The molecule has 3 fully saturated rings. The van der Waals surface area contributed by atoms with Gasteiger partial charge in [-0.15, -0.1) is 0 Å². The minimum atomic E-state index is -1.39. The zero-order chi connectivity index (χ0) is 26.2. The second-order valence-electron chi connectivity index (χ2n) is 14.4. The first-order valence-corrected chi connectivity index (χ1v) is 14.0. The minimum absolute atomic E-state index is 0.00529. The number of carbonyl (C=O) groups is 1. The van der Waals surface area contributed by atoms with Crippen LogP contribution in [0.3, 0.4) is 0 Å². The minimum Gasteiger partial charge on any atom is -0.396 e. The van der Waals surface area contributed by atoms with Gasteiger partial charge in [0.2, 0.25) is 0 Å². The Morgan fingerprint density at radius 2 is 1.71 bits per heavy atom. The largest absolute Gasteiger partial charge is 0.396 e. The monoisotopic (exact) mass is 490 g/mol. The van der Waals surface area contributed by atoms with Crippen molar-refractivity contribution in [2.75, 3.05) is 6.61 Å². The van der Waals surface area contributed by atoms with E-state index in [4.69, 9.17) is 0 Å². The molecule has 0 aromatic heterocycles. The number of Topliss-reactive ketones (excluding diaryl/α,β-unsaturated/α-hetero) is 1. The van der Waals surface area contributed by atoms with Gasteiger partial charge in [-0.1, -0.05) is 46.3 Å². The van der Waals surface area contributed by atoms with Gasteiger partial charge in [0.05, 0.1) is 11.7 Å². The Morgan fingerprint density at radius 3 is 2.31 bits per heavy atom. The predicted molar refractivity (Wildman–Crippen MR) is 137 cm³/mol. The topological polar surface area (TPSA) is 98.0 Å². The van der Waals surface area contributed by atoms with E-state index in [1.165, 1.54) is 13.8 Å². The van der Waals surface area contributed by atoms with Crippen molar-refractivity contribution in [2.24, 2.45) is 45.3 Å². The molecule has 5 heteroatoms. The molecule has 9 atom stereocenters. The van der Waals surface area contributed by atoms with Crippen LogP contribution in [-0.2, 0) is 4.79 Å². The van der Waals surface area contributed by atoms with Crippen molar-refractivity contribution in [2.45, 2.75) is 118 Å². The molecule has 0 radical (unpaired) electrons. The highest BCUT2D eigenvalue weighted by Gasteiger charge is 2.65. The fourth-order valence-electron chi connectivity index (χ4n) is 9.59. The summed E-state index contributed by atoms with van der Waals surface area (Å²) in [7, 11) is 0. The molecule has 4 aliphatic rings. The molecule has 0 heterocycles. The van der Waals surface area contributed by atoms with E-state index in [1.807, 2.05) is 0 Å². The van der Waals surface area contributed by atoms with Gasteiger partial charge in [0.15, 0.2) is 0 Å². The van der Waals surface area contributed by atoms with Crippen LogP contribution in [0.5, 0.6) is 0 Å². The van der Waals surface area contributed by atoms with E-state index < -0.39 is 17.8 Å². The summed E-state index contributed by atoms with van der Waals surface area (Å²) in [5.41, 5.74) is 0.117. The summed E-state index contributed by atoms with van der Waals surface area (Å²) in [6.07, 6.45) is 7.36. The number of hydrogen-bond donors (Lipinski definition) is 4. The van der Waals surface area contributed by atoms with Gasteiger partial charge in [-0.05, 0) is 98.7 Å². The summed E-state index contributed by atoms with van der Waals surface area (Å²) in [5, 5.41) is 41.8. The normalized spacial score (nSPS) is 43.5. The van der Waals surface area contributed by atoms with Gasteiger partial charge in [0.25, 0.3) is 0 Å². The van der Waals surface area contributed by atoms with Crippen LogP contribution in [0.15, 0.2) is 11.6 Å². The molecule has 200 valence electrons. The quantitative estimate of drug-likeness (QED) is 0.406. The summed E-state index contributed by atoms with van der Waals surface area (Å²) in [4.78, 5) is 12.8. The Morgan fingerprint density at radius 1 is 1.06 bits per heavy atom. The van der Waals surface area contributed by atoms with Crippen LogP contribution in [0.1, 0.15) is 99.8 Å². The van der Waals surface area contributed by atoms with Gasteiger partial charge in [-0.25, -0.2) is 0 Å². The number of rotatable bonds is 6. The molecule has 5 nitrogen and oxygen atoms in total. The highest BCUT2D eigenvalue weighted by Crippen LogP contribution is 2.73. The Balaban J connectivity index is 1.63. The summed E-state index contributed by atoms with van der Waals surface area (Å²) in [6.45, 7) is 14.6. The molecule has 0 aliphatic heterocycles. The maximum atomic E-state index is 12.8. The van der Waals surface area contributed by atoms with E-state index in [1.54, 1.807) is 5.57 Å². The number of fused-ring (bicyclic) bond motifs is 5. The maximum Gasteiger partial charge on any atom is 0.138 e. The molecular weight excluding hydrogens is 440 g/mol. The third-order valence-corrected chi connectivity index (χ3v) is 12.1. The molecule has 0 aromatic carbocycles. The molecule has 4 N–H and O–H groups in total. The van der Waals surface area contributed by atoms with Crippen LogP contribution in [0.2, 0.25) is 0 Å². The average Bonchev–Trinajstić information content (AvgIpc) is 3.05. The van der Waals surface area contributed by atoms with Crippen molar-refractivity contribution in [1.29, 1.82) is 0 Å². The number of carbonyl (C=O) groups excluding carboxylic acids is 1. The lowest BCUT2D eigenvalue weighted by molar-refractivity contribution is -0.146. The van der Waals surface area contributed by atoms with E-state index in [9.17, 15) is 25.2 Å². The van der Waals surface area contributed by atoms with Crippen molar-refractivity contribution in [3.05, 3.63) is 11.6 Å². The van der Waals surface area contributed by atoms with Crippen molar-refractivity contribution in [3.8, 4) is 0 Å². The smallest absolute Gasteiger partial charge is 0.138 e. The lowest BCUT2D eigenvalue weighted by atomic mass is 9.41. The molecule has 0 bridgehead atoms. The molecule has 35 heavy (non-hydrogen) atoms. The van der Waals surface area contributed by atoms with Crippen molar-refractivity contribution in [1.82, 2.24) is 0 Å². The molecule has 0 saturated heterocycles. The number of allylic oxidation sites excluding steroid dienone is 2. The summed E-state index contributed by atoms with van der Waals surface area (Å²) in [6, 6.07) is 0. The third kappa shape index (κ3) is 3.90. The second-order valence-corrected chi connectivity index (χ2v) is 14.4. The maximum absolute atomic E-state index is 12.8. The van der Waals surface area contributed by atoms with Crippen LogP contribution < -0.4 is 0 Å². The summed E-state index contributed by atoms with van der Waals surface area (Å²) < 4.78 is 0. The highest BCUT2D eigenvalue weighted by molar-refractivity contribution is 5.85. The lowest BCUT2D eigenvalue weighted by Crippen LogP contribution is -2.57. The molecule has 0 aromatic rings. The van der Waals surface area contributed by atoms with Crippen LogP contribution in [-0.4, -0.2) is 50.6 Å². The molecule has 4 rings (SSSR count). The van der Waals surface area contributed by atoms with Gasteiger partial charge in [-0.2, -0.15) is 0 Å². The summed E-state index contributed by atoms with van der Waals surface area (Å²) >= 11 is 0. The molecule has 0 amide bonds. The van der Waals surface area contributed by atoms with Crippen molar-refractivity contribution < 1.29 is 25.2 Å². The van der Waals surface area contributed by atoms with Crippen LogP contribution in [0.4, 0.5) is 0 Å². The van der Waals surface area contributed by atoms with E-state index in [0.717, 1.165) is 38.5 Å². The Bertz CT molecular complexity index is 870. The van der Waals surface area contributed by atoms with Crippen LogP contribution >= 0.6 is 0 Å². The van der Waals surface area contributed by atoms with Crippen molar-refractivity contribution >= 4 is 5.78 Å². The fourth-order valence-corrected chi connectivity index (χ4v) is 9.59. The van der Waals surface area contributed by atoms with E-state index in [-0.39, 0.29) is 46.5 Å². The molecule has 9 unspecified atom stereocenters. The number of hydrogen-bond acceptors (Lipinski definition) is 5. The van der Waals surface area contributed by atoms with Gasteiger partial charge < -0.3 is 20.4 Å². The zero-order valence-corrected chi connectivity index (χ0v) is 23.1. The van der Waals surface area contributed by atoms with E-state index in [2.05, 4.69) is 40.7 Å². The molecule has 3 saturated carbocycles. The van der Waals surface area contributed by atoms with E-state index >= 15 is 0 Å². The number of aliphatic hydroxyl groups is 4. The van der Waals surface area contributed by atoms with Gasteiger partial charge in [0, 0.05) is 18.4 Å². The van der Waals surface area contributed by atoms with Crippen LogP contribution in [0.25, 0.3) is 0 Å². The summed E-state index contributed by atoms with van der Waals surface area (Å²) in [5.74, 6) is 1.43. The van der Waals surface area contributed by atoms with Gasteiger partial charge in [0.1, 0.15) is 11.9 Å². The van der Waals surface area contributed by atoms with Gasteiger partial charge >= 0.3 is 0 Å².